The predicted molar refractivity (Wildman–Crippen MR) is 141 cm³/mol. The molecule has 0 amide bonds. The van der Waals surface area contributed by atoms with Crippen LogP contribution in [0.3, 0.4) is 0 Å². The Hall–Kier alpha value is -1.90. The fourth-order valence-electron chi connectivity index (χ4n) is 5.88. The van der Waals surface area contributed by atoms with Gasteiger partial charge < -0.3 is 19.9 Å². The van der Waals surface area contributed by atoms with Crippen molar-refractivity contribution in [2.45, 2.75) is 70.1 Å². The molecule has 34 heavy (non-hydrogen) atoms. The number of hydrogen-bond acceptors (Lipinski definition) is 4. The van der Waals surface area contributed by atoms with Crippen molar-refractivity contribution in [2.75, 3.05) is 45.9 Å². The summed E-state index contributed by atoms with van der Waals surface area (Å²) in [5.41, 5.74) is 2.29. The lowest BCUT2D eigenvalue weighted by molar-refractivity contribution is 0.113. The molecule has 4 heterocycles. The third-order valence-electron chi connectivity index (χ3n) is 7.80. The number of imidazole rings is 1. The van der Waals surface area contributed by atoms with Gasteiger partial charge in [0, 0.05) is 38.8 Å². The van der Waals surface area contributed by atoms with E-state index in [0.29, 0.717) is 0 Å². The van der Waals surface area contributed by atoms with E-state index in [-0.39, 0.29) is 17.8 Å². The van der Waals surface area contributed by atoms with Gasteiger partial charge in [0.25, 0.3) is 0 Å². The molecular weight excluding hydrogens is 446 g/mol. The van der Waals surface area contributed by atoms with Gasteiger partial charge in [-0.15, -0.1) is 0 Å². The van der Waals surface area contributed by atoms with E-state index < -0.39 is 0 Å². The zero-order valence-electron chi connectivity index (χ0n) is 20.3. The van der Waals surface area contributed by atoms with Gasteiger partial charge in [-0.25, -0.2) is 4.79 Å². The molecule has 0 saturated carbocycles. The molecule has 0 radical (unpaired) electrons. The summed E-state index contributed by atoms with van der Waals surface area (Å²) in [5.74, 6) is 0. The van der Waals surface area contributed by atoms with Crippen molar-refractivity contribution < 1.29 is 4.74 Å². The zero-order chi connectivity index (χ0) is 23.3. The number of fused-ring (bicyclic) bond motifs is 1. The molecule has 186 valence electrons. The summed E-state index contributed by atoms with van der Waals surface area (Å²) in [6.45, 7) is 7.71. The Bertz CT molecular complexity index is 1010. The molecule has 7 nitrogen and oxygen atoms in total. The van der Waals surface area contributed by atoms with Crippen molar-refractivity contribution in [2.24, 2.45) is 0 Å². The molecule has 3 aliphatic rings. The largest absolute Gasteiger partial charge is 0.376 e. The number of likely N-dealkylation sites (tertiary alicyclic amines) is 2. The van der Waals surface area contributed by atoms with Gasteiger partial charge in [0.1, 0.15) is 0 Å². The quantitative estimate of drug-likeness (QED) is 0.607. The molecule has 0 spiro atoms. The number of piperidine rings is 2. The lowest BCUT2D eigenvalue weighted by Crippen LogP contribution is -2.47. The molecule has 8 heteroatoms. The number of benzene rings is 1. The monoisotopic (exact) mass is 485 g/mol. The van der Waals surface area contributed by atoms with E-state index in [4.69, 9.17) is 17.0 Å². The fraction of sp³-hybridized carbons (Fsp3) is 0.692. The summed E-state index contributed by atoms with van der Waals surface area (Å²) in [6, 6.07) is 8.53. The summed E-state index contributed by atoms with van der Waals surface area (Å²) in [5, 5.41) is 4.22. The molecule has 1 aromatic heterocycles. The SMILES string of the molecule is O=c1n(CCCN2CCCCC2)c2ccccc2n1C1CCN(C(=S)NCC2CCCO2)CC1. The van der Waals surface area contributed by atoms with Crippen LogP contribution in [0.25, 0.3) is 11.0 Å². The van der Waals surface area contributed by atoms with Crippen LogP contribution in [-0.2, 0) is 11.3 Å². The van der Waals surface area contributed by atoms with E-state index in [1.807, 2.05) is 10.6 Å². The number of aryl methyl sites for hydroxylation is 1. The number of hydrogen-bond donors (Lipinski definition) is 1. The molecule has 0 bridgehead atoms. The Labute approximate surface area is 208 Å². The minimum atomic E-state index is 0.150. The van der Waals surface area contributed by atoms with Crippen LogP contribution >= 0.6 is 12.2 Å². The normalized spacial score (nSPS) is 22.5. The highest BCUT2D eigenvalue weighted by Crippen LogP contribution is 2.26. The molecule has 2 aromatic rings. The van der Waals surface area contributed by atoms with Crippen LogP contribution < -0.4 is 11.0 Å². The highest BCUT2D eigenvalue weighted by Gasteiger charge is 2.26. The number of para-hydroxylation sites is 2. The minimum Gasteiger partial charge on any atom is -0.376 e. The standard InChI is InChI=1S/C26H39N5O2S/c32-26-30(16-7-15-28-13-4-1-5-14-28)23-9-2-3-10-24(23)31(26)21-11-17-29(18-12-21)25(34)27-20-22-8-6-19-33-22/h2-3,9-10,21-22H,1,4-8,11-20H2,(H,27,34). The minimum absolute atomic E-state index is 0.150. The average Bonchev–Trinajstić information content (AvgIpc) is 3.50. The van der Waals surface area contributed by atoms with E-state index in [2.05, 4.69) is 37.9 Å². The van der Waals surface area contributed by atoms with E-state index in [1.165, 1.54) is 32.4 Å². The van der Waals surface area contributed by atoms with Gasteiger partial charge in [-0.05, 0) is 88.9 Å². The van der Waals surface area contributed by atoms with Crippen LogP contribution in [0.2, 0.25) is 0 Å². The summed E-state index contributed by atoms with van der Waals surface area (Å²) in [4.78, 5) is 18.4. The van der Waals surface area contributed by atoms with Crippen molar-refractivity contribution in [3.8, 4) is 0 Å². The van der Waals surface area contributed by atoms with Crippen LogP contribution in [0.15, 0.2) is 29.1 Å². The van der Waals surface area contributed by atoms with Crippen molar-refractivity contribution in [3.63, 3.8) is 0 Å². The zero-order valence-corrected chi connectivity index (χ0v) is 21.1. The van der Waals surface area contributed by atoms with Crippen LogP contribution in [0.1, 0.15) is 57.4 Å². The molecule has 3 saturated heterocycles. The first-order valence-corrected chi connectivity index (χ1v) is 13.7. The number of nitrogens with zero attached hydrogens (tertiary/aromatic N) is 4. The van der Waals surface area contributed by atoms with E-state index >= 15 is 0 Å². The first-order valence-electron chi connectivity index (χ1n) is 13.3. The van der Waals surface area contributed by atoms with Crippen molar-refractivity contribution in [1.82, 2.24) is 24.3 Å². The number of aromatic nitrogens is 2. The Morgan fingerprint density at radius 1 is 0.971 bits per heavy atom. The number of rotatable bonds is 7. The second-order valence-corrected chi connectivity index (χ2v) is 10.5. The predicted octanol–water partition coefficient (Wildman–Crippen LogP) is 3.37. The Morgan fingerprint density at radius 3 is 2.47 bits per heavy atom. The van der Waals surface area contributed by atoms with Gasteiger partial charge in [-0.1, -0.05) is 18.6 Å². The Morgan fingerprint density at radius 2 is 1.74 bits per heavy atom. The van der Waals surface area contributed by atoms with Crippen LogP contribution in [0.5, 0.6) is 0 Å². The first kappa shape index (κ1) is 23.8. The maximum atomic E-state index is 13.6. The topological polar surface area (TPSA) is 54.7 Å². The Kier molecular flexibility index (Phi) is 7.87. The Balaban J connectivity index is 1.21. The highest BCUT2D eigenvalue weighted by molar-refractivity contribution is 7.80. The van der Waals surface area contributed by atoms with E-state index in [1.54, 1.807) is 0 Å². The molecule has 3 aliphatic heterocycles. The highest BCUT2D eigenvalue weighted by atomic mass is 32.1. The van der Waals surface area contributed by atoms with Crippen molar-refractivity contribution in [3.05, 3.63) is 34.7 Å². The van der Waals surface area contributed by atoms with E-state index in [9.17, 15) is 4.79 Å². The van der Waals surface area contributed by atoms with Crippen molar-refractivity contribution in [1.29, 1.82) is 0 Å². The average molecular weight is 486 g/mol. The summed E-state index contributed by atoms with van der Waals surface area (Å²) in [6.07, 6.45) is 9.42. The maximum Gasteiger partial charge on any atom is 0.329 e. The smallest absolute Gasteiger partial charge is 0.329 e. The first-order chi connectivity index (χ1) is 16.7. The van der Waals surface area contributed by atoms with Crippen LogP contribution in [0.4, 0.5) is 0 Å². The second-order valence-electron chi connectivity index (χ2n) is 10.1. The summed E-state index contributed by atoms with van der Waals surface area (Å²) < 4.78 is 9.78. The molecular formula is C26H39N5O2S. The van der Waals surface area contributed by atoms with Crippen molar-refractivity contribution >= 4 is 28.4 Å². The second kappa shape index (κ2) is 11.2. The molecule has 1 unspecified atom stereocenters. The molecule has 1 N–H and O–H groups in total. The van der Waals surface area contributed by atoms with Crippen LogP contribution in [-0.4, -0.2) is 76.0 Å². The maximum absolute atomic E-state index is 13.6. The van der Waals surface area contributed by atoms with Gasteiger partial charge in [-0.2, -0.15) is 0 Å². The number of ether oxygens (including phenoxy) is 1. The molecule has 1 atom stereocenters. The lowest BCUT2D eigenvalue weighted by atomic mass is 10.0. The van der Waals surface area contributed by atoms with Gasteiger partial charge >= 0.3 is 5.69 Å². The fourth-order valence-corrected chi connectivity index (χ4v) is 6.15. The van der Waals surface area contributed by atoms with Gasteiger partial charge in [0.2, 0.25) is 0 Å². The molecule has 0 aliphatic carbocycles. The summed E-state index contributed by atoms with van der Waals surface area (Å²) >= 11 is 5.66. The third-order valence-corrected chi connectivity index (χ3v) is 8.20. The van der Waals surface area contributed by atoms with E-state index in [0.717, 1.165) is 87.6 Å². The third kappa shape index (κ3) is 5.34. The molecule has 3 fully saturated rings. The number of thiocarbonyl (C=S) groups is 1. The number of nitrogens with one attached hydrogen (secondary N) is 1. The molecule has 5 rings (SSSR count). The molecule has 1 aromatic carbocycles. The van der Waals surface area contributed by atoms with Crippen LogP contribution in [0, 0.1) is 0 Å². The van der Waals surface area contributed by atoms with Gasteiger partial charge in [0.05, 0.1) is 17.1 Å². The summed E-state index contributed by atoms with van der Waals surface area (Å²) in [7, 11) is 0. The lowest BCUT2D eigenvalue weighted by Gasteiger charge is -2.34. The van der Waals surface area contributed by atoms with Gasteiger partial charge in [0.15, 0.2) is 5.11 Å². The van der Waals surface area contributed by atoms with Gasteiger partial charge in [-0.3, -0.25) is 9.13 Å².